The van der Waals surface area contributed by atoms with Crippen LogP contribution in [0.25, 0.3) is 0 Å². The summed E-state index contributed by atoms with van der Waals surface area (Å²) in [6.45, 7) is 7.26. The molecule has 2 aliphatic rings. The molecular formula is C14H28N2. The molecular weight excluding hydrogens is 196 g/mol. The van der Waals surface area contributed by atoms with Crippen molar-refractivity contribution in [3.8, 4) is 0 Å². The minimum Gasteiger partial charge on any atom is -0.325 e. The Labute approximate surface area is 101 Å². The van der Waals surface area contributed by atoms with Gasteiger partial charge in [0.1, 0.15) is 0 Å². The summed E-state index contributed by atoms with van der Waals surface area (Å²) >= 11 is 0. The number of hydrogen-bond donors (Lipinski definition) is 1. The van der Waals surface area contributed by atoms with Gasteiger partial charge in [-0.15, -0.1) is 0 Å². The van der Waals surface area contributed by atoms with Crippen molar-refractivity contribution >= 4 is 0 Å². The lowest BCUT2D eigenvalue weighted by Crippen LogP contribution is -2.47. The molecule has 1 aliphatic carbocycles. The third-order valence-corrected chi connectivity index (χ3v) is 4.68. The lowest BCUT2D eigenvalue weighted by Gasteiger charge is -2.41. The largest absolute Gasteiger partial charge is 0.325 e. The summed E-state index contributed by atoms with van der Waals surface area (Å²) in [5.74, 6) is 0.914. The van der Waals surface area contributed by atoms with Crippen LogP contribution >= 0.6 is 0 Å². The maximum atomic E-state index is 6.30. The van der Waals surface area contributed by atoms with Gasteiger partial charge in [-0.2, -0.15) is 0 Å². The van der Waals surface area contributed by atoms with Crippen LogP contribution in [-0.4, -0.2) is 29.6 Å². The molecule has 2 rings (SSSR count). The van der Waals surface area contributed by atoms with E-state index in [2.05, 4.69) is 18.7 Å². The zero-order valence-electron chi connectivity index (χ0n) is 11.0. The molecule has 1 unspecified atom stereocenters. The summed E-state index contributed by atoms with van der Waals surface area (Å²) in [5, 5.41) is 0. The molecule has 0 aromatic carbocycles. The number of rotatable bonds is 4. The second kappa shape index (κ2) is 5.05. The average Bonchev–Trinajstić information content (AvgIpc) is 2.24. The highest BCUT2D eigenvalue weighted by Gasteiger charge is 2.33. The van der Waals surface area contributed by atoms with E-state index in [1.807, 2.05) is 0 Å². The van der Waals surface area contributed by atoms with Gasteiger partial charge >= 0.3 is 0 Å². The molecule has 1 aliphatic heterocycles. The first kappa shape index (κ1) is 12.4. The number of piperidine rings is 1. The Hall–Kier alpha value is -0.0800. The normalized spacial score (nSPS) is 30.4. The summed E-state index contributed by atoms with van der Waals surface area (Å²) in [7, 11) is 0. The van der Waals surface area contributed by atoms with Crippen LogP contribution in [0.2, 0.25) is 0 Å². The molecule has 1 saturated carbocycles. The first-order chi connectivity index (χ1) is 7.59. The van der Waals surface area contributed by atoms with E-state index in [4.69, 9.17) is 5.73 Å². The van der Waals surface area contributed by atoms with Crippen LogP contribution in [-0.2, 0) is 0 Å². The highest BCUT2D eigenvalue weighted by atomic mass is 15.2. The summed E-state index contributed by atoms with van der Waals surface area (Å²) in [4.78, 5) is 2.64. The lowest BCUT2D eigenvalue weighted by molar-refractivity contribution is 0.121. The molecule has 2 nitrogen and oxygen atoms in total. The van der Waals surface area contributed by atoms with Gasteiger partial charge in [-0.05, 0) is 71.3 Å². The molecule has 2 N–H and O–H groups in total. The molecule has 1 atom stereocenters. The summed E-state index contributed by atoms with van der Waals surface area (Å²) < 4.78 is 0. The van der Waals surface area contributed by atoms with Crippen LogP contribution in [0.4, 0.5) is 0 Å². The molecule has 0 aromatic heterocycles. The monoisotopic (exact) mass is 224 g/mol. The predicted molar refractivity (Wildman–Crippen MR) is 69.4 cm³/mol. The molecule has 1 saturated heterocycles. The highest BCUT2D eigenvalue weighted by molar-refractivity contribution is 4.93. The number of nitrogens with zero attached hydrogens (tertiary/aromatic N) is 1. The van der Waals surface area contributed by atoms with Crippen molar-refractivity contribution in [2.45, 2.75) is 70.4 Å². The van der Waals surface area contributed by atoms with E-state index in [9.17, 15) is 0 Å². The molecule has 1 heterocycles. The van der Waals surface area contributed by atoms with E-state index >= 15 is 0 Å². The second-order valence-electron chi connectivity index (χ2n) is 6.35. The molecule has 0 amide bonds. The van der Waals surface area contributed by atoms with Gasteiger partial charge in [0.15, 0.2) is 0 Å². The Morgan fingerprint density at radius 2 is 2.06 bits per heavy atom. The fourth-order valence-electron chi connectivity index (χ4n) is 3.17. The van der Waals surface area contributed by atoms with Crippen LogP contribution in [0, 0.1) is 5.92 Å². The first-order valence-electron chi connectivity index (χ1n) is 7.12. The van der Waals surface area contributed by atoms with Crippen molar-refractivity contribution in [2.24, 2.45) is 11.7 Å². The Bertz CT molecular complexity index is 221. The summed E-state index contributed by atoms with van der Waals surface area (Å²) in [6, 6.07) is 0.721. The molecule has 94 valence electrons. The SMILES string of the molecule is CC(C)N1CCCC(CCC2(N)CCC2)C1. The minimum atomic E-state index is 0.236. The third-order valence-electron chi connectivity index (χ3n) is 4.68. The van der Waals surface area contributed by atoms with Gasteiger partial charge < -0.3 is 10.6 Å². The number of likely N-dealkylation sites (tertiary alicyclic amines) is 1. The van der Waals surface area contributed by atoms with Gasteiger partial charge in [0.25, 0.3) is 0 Å². The summed E-state index contributed by atoms with van der Waals surface area (Å²) in [6.07, 6.45) is 9.35. The maximum Gasteiger partial charge on any atom is 0.0154 e. The van der Waals surface area contributed by atoms with Crippen LogP contribution < -0.4 is 5.73 Å². The Morgan fingerprint density at radius 3 is 2.62 bits per heavy atom. The van der Waals surface area contributed by atoms with Crippen molar-refractivity contribution in [1.29, 1.82) is 0 Å². The predicted octanol–water partition coefficient (Wildman–Crippen LogP) is 2.77. The van der Waals surface area contributed by atoms with Crippen molar-refractivity contribution in [3.63, 3.8) is 0 Å². The quantitative estimate of drug-likeness (QED) is 0.795. The second-order valence-corrected chi connectivity index (χ2v) is 6.35. The van der Waals surface area contributed by atoms with E-state index in [0.29, 0.717) is 0 Å². The minimum absolute atomic E-state index is 0.236. The zero-order valence-corrected chi connectivity index (χ0v) is 11.0. The van der Waals surface area contributed by atoms with E-state index in [-0.39, 0.29) is 5.54 Å². The highest BCUT2D eigenvalue weighted by Crippen LogP contribution is 2.35. The number of hydrogen-bond acceptors (Lipinski definition) is 2. The first-order valence-corrected chi connectivity index (χ1v) is 7.12. The molecule has 0 aromatic rings. The standard InChI is InChI=1S/C14H28N2/c1-12(2)16-10-3-5-13(11-16)6-9-14(15)7-4-8-14/h12-13H,3-11,15H2,1-2H3. The van der Waals surface area contributed by atoms with Crippen LogP contribution in [0.3, 0.4) is 0 Å². The van der Waals surface area contributed by atoms with Gasteiger partial charge in [0, 0.05) is 18.1 Å². The maximum absolute atomic E-state index is 6.30. The lowest BCUT2D eigenvalue weighted by atomic mass is 9.73. The molecule has 0 radical (unpaired) electrons. The average molecular weight is 224 g/mol. The van der Waals surface area contributed by atoms with E-state index in [0.717, 1.165) is 12.0 Å². The number of nitrogens with two attached hydrogens (primary N) is 1. The van der Waals surface area contributed by atoms with Crippen LogP contribution in [0.15, 0.2) is 0 Å². The van der Waals surface area contributed by atoms with Gasteiger partial charge in [-0.3, -0.25) is 0 Å². The molecule has 0 spiro atoms. The summed E-state index contributed by atoms with van der Waals surface area (Å²) in [5.41, 5.74) is 6.54. The van der Waals surface area contributed by atoms with Gasteiger partial charge in [0.05, 0.1) is 0 Å². The van der Waals surface area contributed by atoms with E-state index in [1.54, 1.807) is 0 Å². The zero-order chi connectivity index (χ0) is 11.6. The Morgan fingerprint density at radius 1 is 1.31 bits per heavy atom. The van der Waals surface area contributed by atoms with Gasteiger partial charge in [-0.25, -0.2) is 0 Å². The fraction of sp³-hybridized carbons (Fsp3) is 1.00. The third kappa shape index (κ3) is 2.98. The van der Waals surface area contributed by atoms with Crippen LogP contribution in [0.5, 0.6) is 0 Å². The van der Waals surface area contributed by atoms with Crippen molar-refractivity contribution in [3.05, 3.63) is 0 Å². The Balaban J connectivity index is 1.72. The molecule has 2 heteroatoms. The van der Waals surface area contributed by atoms with Crippen LogP contribution in [0.1, 0.15) is 58.8 Å². The molecule has 0 bridgehead atoms. The van der Waals surface area contributed by atoms with Crippen molar-refractivity contribution in [1.82, 2.24) is 4.90 Å². The van der Waals surface area contributed by atoms with E-state index < -0.39 is 0 Å². The molecule has 2 fully saturated rings. The van der Waals surface area contributed by atoms with Crippen molar-refractivity contribution < 1.29 is 0 Å². The van der Waals surface area contributed by atoms with Gasteiger partial charge in [-0.1, -0.05) is 0 Å². The smallest absolute Gasteiger partial charge is 0.0154 e. The molecule has 16 heavy (non-hydrogen) atoms. The Kier molecular flexibility index (Phi) is 3.91. The topological polar surface area (TPSA) is 29.3 Å². The fourth-order valence-corrected chi connectivity index (χ4v) is 3.17. The van der Waals surface area contributed by atoms with Gasteiger partial charge in [0.2, 0.25) is 0 Å². The van der Waals surface area contributed by atoms with Crippen molar-refractivity contribution in [2.75, 3.05) is 13.1 Å². The van der Waals surface area contributed by atoms with E-state index in [1.165, 1.54) is 58.0 Å².